The average Bonchev–Trinajstić information content (AvgIpc) is 2.60. The number of nitrogens with two attached hydrogens (primary N) is 1. The van der Waals surface area contributed by atoms with Crippen molar-refractivity contribution in [3.8, 4) is 5.75 Å². The number of anilines is 1. The highest BCUT2D eigenvalue weighted by Gasteiger charge is 2.26. The molecule has 5 nitrogen and oxygen atoms in total. The quantitative estimate of drug-likeness (QED) is 0.479. The Hall–Kier alpha value is -1.76. The van der Waals surface area contributed by atoms with Gasteiger partial charge in [0, 0.05) is 10.2 Å². The Morgan fingerprint density at radius 1 is 1.32 bits per heavy atom. The SMILES string of the molecule is CCC(O)(CN=C(N)Nc1ccc(OC)c(Cl)c1)c1ccc(Br)cc1. The summed E-state index contributed by atoms with van der Waals surface area (Å²) in [5, 5.41) is 14.3. The second-order valence-corrected chi connectivity index (χ2v) is 6.89. The number of halogens is 2. The molecule has 134 valence electrons. The summed E-state index contributed by atoms with van der Waals surface area (Å²) in [5.74, 6) is 0.781. The molecule has 0 radical (unpaired) electrons. The van der Waals surface area contributed by atoms with Gasteiger partial charge in [0.25, 0.3) is 0 Å². The van der Waals surface area contributed by atoms with Crippen LogP contribution in [0.4, 0.5) is 5.69 Å². The van der Waals surface area contributed by atoms with Crippen LogP contribution in [0.2, 0.25) is 5.02 Å². The highest BCUT2D eigenvalue weighted by atomic mass is 79.9. The maximum atomic E-state index is 10.9. The molecule has 2 aromatic rings. The van der Waals surface area contributed by atoms with Crippen LogP contribution >= 0.6 is 27.5 Å². The highest BCUT2D eigenvalue weighted by molar-refractivity contribution is 9.10. The molecule has 0 saturated carbocycles. The van der Waals surface area contributed by atoms with Crippen LogP contribution in [-0.2, 0) is 5.60 Å². The predicted molar refractivity (Wildman–Crippen MR) is 106 cm³/mol. The fourth-order valence-corrected chi connectivity index (χ4v) is 2.84. The van der Waals surface area contributed by atoms with Gasteiger partial charge in [0.05, 0.1) is 18.7 Å². The van der Waals surface area contributed by atoms with Crippen molar-refractivity contribution in [3.63, 3.8) is 0 Å². The van der Waals surface area contributed by atoms with Crippen molar-refractivity contribution in [2.24, 2.45) is 10.7 Å². The predicted octanol–water partition coefficient (Wildman–Crippen LogP) is 4.14. The fourth-order valence-electron chi connectivity index (χ4n) is 2.31. The molecule has 0 aliphatic carbocycles. The van der Waals surface area contributed by atoms with Crippen molar-refractivity contribution in [1.82, 2.24) is 0 Å². The largest absolute Gasteiger partial charge is 0.495 e. The number of nitrogens with one attached hydrogen (secondary N) is 1. The summed E-state index contributed by atoms with van der Waals surface area (Å²) in [6, 6.07) is 12.7. The molecule has 7 heteroatoms. The maximum Gasteiger partial charge on any atom is 0.193 e. The fraction of sp³-hybridized carbons (Fsp3) is 0.278. The van der Waals surface area contributed by atoms with E-state index in [1.807, 2.05) is 31.2 Å². The lowest BCUT2D eigenvalue weighted by atomic mass is 9.91. The van der Waals surface area contributed by atoms with Gasteiger partial charge in [-0.25, -0.2) is 4.99 Å². The molecule has 0 spiro atoms. The van der Waals surface area contributed by atoms with Crippen LogP contribution in [0.3, 0.4) is 0 Å². The summed E-state index contributed by atoms with van der Waals surface area (Å²) < 4.78 is 6.07. The molecule has 0 fully saturated rings. The zero-order valence-electron chi connectivity index (χ0n) is 14.1. The van der Waals surface area contributed by atoms with Crippen LogP contribution < -0.4 is 15.8 Å². The van der Waals surface area contributed by atoms with Gasteiger partial charge >= 0.3 is 0 Å². The number of ether oxygens (including phenoxy) is 1. The topological polar surface area (TPSA) is 79.9 Å². The molecule has 0 aliphatic rings. The summed E-state index contributed by atoms with van der Waals surface area (Å²) in [4.78, 5) is 4.28. The van der Waals surface area contributed by atoms with Gasteiger partial charge in [-0.3, -0.25) is 0 Å². The zero-order valence-corrected chi connectivity index (χ0v) is 16.4. The standard InChI is InChI=1S/C18H21BrClN3O2/c1-3-18(24,12-4-6-13(19)7-5-12)11-22-17(21)23-14-8-9-16(25-2)15(20)10-14/h4-10,24H,3,11H2,1-2H3,(H3,21,22,23). The molecule has 0 heterocycles. The molecule has 0 amide bonds. The number of hydrogen-bond donors (Lipinski definition) is 3. The average molecular weight is 427 g/mol. The summed E-state index contributed by atoms with van der Waals surface area (Å²) in [6.45, 7) is 2.05. The number of aliphatic imine (C=N–C) groups is 1. The molecule has 0 saturated heterocycles. The van der Waals surface area contributed by atoms with Gasteiger partial charge in [-0.05, 0) is 42.3 Å². The van der Waals surface area contributed by atoms with E-state index < -0.39 is 5.60 Å². The van der Waals surface area contributed by atoms with Crippen LogP contribution in [0, 0.1) is 0 Å². The third-order valence-electron chi connectivity index (χ3n) is 3.90. The molecule has 1 atom stereocenters. The molecule has 0 aliphatic heterocycles. The lowest BCUT2D eigenvalue weighted by molar-refractivity contribution is 0.0424. The molecule has 2 rings (SSSR count). The first-order valence-corrected chi connectivity index (χ1v) is 8.94. The van der Waals surface area contributed by atoms with Gasteiger partial charge in [0.2, 0.25) is 0 Å². The summed E-state index contributed by atoms with van der Waals surface area (Å²) in [7, 11) is 1.55. The van der Waals surface area contributed by atoms with E-state index in [4.69, 9.17) is 22.1 Å². The smallest absolute Gasteiger partial charge is 0.193 e. The summed E-state index contributed by atoms with van der Waals surface area (Å²) in [5.41, 5.74) is 6.34. The Balaban J connectivity index is 2.10. The van der Waals surface area contributed by atoms with Gasteiger partial charge in [0.15, 0.2) is 5.96 Å². The third kappa shape index (κ3) is 5.11. The second-order valence-electron chi connectivity index (χ2n) is 5.57. The number of methoxy groups -OCH3 is 1. The Kier molecular flexibility index (Phi) is 6.70. The highest BCUT2D eigenvalue weighted by Crippen LogP contribution is 2.28. The minimum absolute atomic E-state index is 0.147. The van der Waals surface area contributed by atoms with E-state index in [1.165, 1.54) is 0 Å². The van der Waals surface area contributed by atoms with Crippen LogP contribution in [0.15, 0.2) is 51.9 Å². The van der Waals surface area contributed by atoms with Crippen molar-refractivity contribution in [2.45, 2.75) is 18.9 Å². The molecule has 2 aromatic carbocycles. The summed E-state index contributed by atoms with van der Waals surface area (Å²) >= 11 is 9.48. The first kappa shape index (κ1) is 19.6. The Bertz CT molecular complexity index is 752. The molecule has 0 aromatic heterocycles. The van der Waals surface area contributed by atoms with Crippen molar-refractivity contribution >= 4 is 39.2 Å². The van der Waals surface area contributed by atoms with Crippen molar-refractivity contribution in [1.29, 1.82) is 0 Å². The van der Waals surface area contributed by atoms with Crippen molar-refractivity contribution in [2.75, 3.05) is 19.0 Å². The van der Waals surface area contributed by atoms with Crippen molar-refractivity contribution in [3.05, 3.63) is 57.5 Å². The maximum absolute atomic E-state index is 10.9. The number of benzene rings is 2. The van der Waals surface area contributed by atoms with Gasteiger partial charge < -0.3 is 20.9 Å². The molecular weight excluding hydrogens is 406 g/mol. The number of guanidine groups is 1. The molecule has 25 heavy (non-hydrogen) atoms. The first-order chi connectivity index (χ1) is 11.9. The van der Waals surface area contributed by atoms with E-state index >= 15 is 0 Å². The molecule has 0 bridgehead atoms. The minimum Gasteiger partial charge on any atom is -0.495 e. The van der Waals surface area contributed by atoms with Gasteiger partial charge in [0.1, 0.15) is 11.4 Å². The van der Waals surface area contributed by atoms with Gasteiger partial charge in [-0.1, -0.05) is 46.6 Å². The Labute approximate surface area is 161 Å². The second kappa shape index (κ2) is 8.56. The zero-order chi connectivity index (χ0) is 18.4. The lowest BCUT2D eigenvalue weighted by Crippen LogP contribution is -2.31. The first-order valence-electron chi connectivity index (χ1n) is 7.77. The van der Waals surface area contributed by atoms with E-state index in [0.29, 0.717) is 22.9 Å². The van der Waals surface area contributed by atoms with E-state index in [2.05, 4.69) is 26.2 Å². The van der Waals surface area contributed by atoms with Crippen LogP contribution in [0.1, 0.15) is 18.9 Å². The number of nitrogens with zero attached hydrogens (tertiary/aromatic N) is 1. The Morgan fingerprint density at radius 2 is 2.00 bits per heavy atom. The van der Waals surface area contributed by atoms with Crippen LogP contribution in [0.5, 0.6) is 5.75 Å². The number of aliphatic hydroxyl groups is 1. The van der Waals surface area contributed by atoms with Crippen molar-refractivity contribution < 1.29 is 9.84 Å². The Morgan fingerprint density at radius 3 is 2.56 bits per heavy atom. The number of hydrogen-bond acceptors (Lipinski definition) is 3. The van der Waals surface area contributed by atoms with E-state index in [-0.39, 0.29) is 12.5 Å². The molecular formula is C18H21BrClN3O2. The van der Waals surface area contributed by atoms with Gasteiger partial charge in [-0.2, -0.15) is 0 Å². The minimum atomic E-state index is -1.08. The lowest BCUT2D eigenvalue weighted by Gasteiger charge is -2.25. The van der Waals surface area contributed by atoms with E-state index in [1.54, 1.807) is 25.3 Å². The van der Waals surface area contributed by atoms with E-state index in [9.17, 15) is 5.11 Å². The summed E-state index contributed by atoms with van der Waals surface area (Å²) in [6.07, 6.45) is 0.514. The van der Waals surface area contributed by atoms with E-state index in [0.717, 1.165) is 10.0 Å². The normalized spacial score (nSPS) is 14.0. The van der Waals surface area contributed by atoms with Gasteiger partial charge in [-0.15, -0.1) is 0 Å². The molecule has 4 N–H and O–H groups in total. The third-order valence-corrected chi connectivity index (χ3v) is 4.73. The monoisotopic (exact) mass is 425 g/mol. The molecule has 1 unspecified atom stereocenters. The number of rotatable bonds is 6. The van der Waals surface area contributed by atoms with Crippen LogP contribution in [0.25, 0.3) is 0 Å². The van der Waals surface area contributed by atoms with Crippen LogP contribution in [-0.4, -0.2) is 24.7 Å².